The highest BCUT2D eigenvalue weighted by molar-refractivity contribution is 5.78. The zero-order valence-corrected chi connectivity index (χ0v) is 37.5. The molecule has 0 saturated carbocycles. The van der Waals surface area contributed by atoms with Crippen molar-refractivity contribution in [2.24, 2.45) is 0 Å². The maximum absolute atomic E-state index is 14.1. The van der Waals surface area contributed by atoms with Gasteiger partial charge in [0.15, 0.2) is 0 Å². The number of hydrogen-bond donors (Lipinski definition) is 4. The van der Waals surface area contributed by atoms with E-state index in [4.69, 9.17) is 0 Å². The van der Waals surface area contributed by atoms with Crippen LogP contribution >= 0.6 is 0 Å². The van der Waals surface area contributed by atoms with Crippen molar-refractivity contribution >= 4 is 12.1 Å². The highest BCUT2D eigenvalue weighted by atomic mass is 19.2. The molecule has 2 heterocycles. The van der Waals surface area contributed by atoms with E-state index < -0.39 is 52.9 Å². The van der Waals surface area contributed by atoms with E-state index in [1.807, 2.05) is 26.0 Å². The van der Waals surface area contributed by atoms with Gasteiger partial charge in [-0.2, -0.15) is 0 Å². The largest absolute Gasteiger partial charge is 0.394 e. The number of nitrogens with one attached hydrogen (secondary N) is 2. The molecule has 0 spiro atoms. The molecule has 14 heteroatoms. The van der Waals surface area contributed by atoms with Crippen molar-refractivity contribution in [3.05, 3.63) is 203 Å². The smallest absolute Gasteiger partial charge is 0.318 e. The van der Waals surface area contributed by atoms with Crippen molar-refractivity contribution < 1.29 is 46.1 Å². The molecule has 2 aliphatic heterocycles. The van der Waals surface area contributed by atoms with Crippen LogP contribution in [0.3, 0.4) is 0 Å². The summed E-state index contributed by atoms with van der Waals surface area (Å²) in [6, 6.07) is 32.1. The molecule has 5 atom stereocenters. The van der Waals surface area contributed by atoms with Crippen LogP contribution in [0, 0.1) is 34.9 Å². The van der Waals surface area contributed by atoms with Crippen molar-refractivity contribution in [3.8, 4) is 22.3 Å². The molecule has 4 amide bonds. The molecule has 8 rings (SSSR count). The lowest BCUT2D eigenvalue weighted by Crippen LogP contribution is -2.59. The molecule has 68 heavy (non-hydrogen) atoms. The first-order valence-electron chi connectivity index (χ1n) is 22.3. The van der Waals surface area contributed by atoms with Gasteiger partial charge >= 0.3 is 12.1 Å². The standard InChI is InChI=1S/C27H27F3N2O3.C27H25F3N2O/c1-17(18-2-4-19(5-3-18)24-11-10-22(29)14-25(24)30)32-13-12-27(31-26(32)35,15-23(34)16-33)20-6-8-21(28)9-7-20;1-3-14-27(21-8-10-22(28)11-9-21)15-16-32(26(33)31-27)18(2)19-4-6-20(7-5-19)24-13-12-23(29)17-25(24)30/h2-11,14,17,23,33-34H,12-13,15-16H2,1H3,(H,31,35);3-13,17-18H,1,14-16H2,2H3,(H,31,33)/t17-,23?,27-;18-,27+/m00/s1. The SMILES string of the molecule is C=CC[C@]1(c2ccc(F)cc2)CCN([C@@H](C)c2ccc(-c3ccc(F)cc3F)cc2)C(=O)N1.C[C@@H](c1ccc(-c2ccc(F)cc2F)cc1)N1CC[C@](CC(O)CO)(c2ccc(F)cc2)NC1=O. The molecule has 2 aliphatic rings. The van der Waals surface area contributed by atoms with Gasteiger partial charge in [0.2, 0.25) is 0 Å². The van der Waals surface area contributed by atoms with E-state index in [9.17, 15) is 46.1 Å². The maximum atomic E-state index is 14.1. The Morgan fingerprint density at radius 1 is 0.588 bits per heavy atom. The van der Waals surface area contributed by atoms with Crippen LogP contribution in [0.5, 0.6) is 0 Å². The minimum Gasteiger partial charge on any atom is -0.394 e. The zero-order chi connectivity index (χ0) is 48.8. The molecule has 8 nitrogen and oxygen atoms in total. The number of aliphatic hydroxyl groups is 2. The summed E-state index contributed by atoms with van der Waals surface area (Å²) in [5.74, 6) is -3.27. The second-order valence-electron chi connectivity index (χ2n) is 17.3. The molecule has 4 N–H and O–H groups in total. The highest BCUT2D eigenvalue weighted by Gasteiger charge is 2.43. The fraction of sp³-hybridized carbons (Fsp3) is 0.259. The van der Waals surface area contributed by atoms with Crippen LogP contribution in [0.2, 0.25) is 0 Å². The molecular weight excluding hydrogens is 883 g/mol. The molecular formula is C54H52F6N4O4. The van der Waals surface area contributed by atoms with E-state index in [0.29, 0.717) is 54.6 Å². The number of amides is 4. The lowest BCUT2D eigenvalue weighted by molar-refractivity contribution is 0.0441. The monoisotopic (exact) mass is 934 g/mol. The molecule has 6 aromatic rings. The first-order chi connectivity index (χ1) is 32.5. The summed E-state index contributed by atoms with van der Waals surface area (Å²) in [6.07, 6.45) is 2.40. The highest BCUT2D eigenvalue weighted by Crippen LogP contribution is 2.38. The van der Waals surface area contributed by atoms with Gasteiger partial charge in [0.1, 0.15) is 34.9 Å². The quantitative estimate of drug-likeness (QED) is 0.0684. The number of halogens is 6. The third kappa shape index (κ3) is 10.8. The number of nitrogens with zero attached hydrogens (tertiary/aromatic N) is 2. The first kappa shape index (κ1) is 49.0. The van der Waals surface area contributed by atoms with Gasteiger partial charge in [-0.15, -0.1) is 6.58 Å². The lowest BCUT2D eigenvalue weighted by Gasteiger charge is -2.45. The average Bonchev–Trinajstić information content (AvgIpc) is 3.32. The Labute approximate surface area is 391 Å². The number of carbonyl (C=O) groups excluding carboxylic acids is 2. The van der Waals surface area contributed by atoms with Crippen LogP contribution in [0.1, 0.15) is 73.9 Å². The number of aliphatic hydroxyl groups excluding tert-OH is 2. The summed E-state index contributed by atoms with van der Waals surface area (Å²) in [6.45, 7) is 8.04. The summed E-state index contributed by atoms with van der Waals surface area (Å²) in [5.41, 5.74) is 3.47. The molecule has 6 aromatic carbocycles. The summed E-state index contributed by atoms with van der Waals surface area (Å²) in [5, 5.41) is 25.7. The van der Waals surface area contributed by atoms with Crippen LogP contribution in [-0.4, -0.2) is 57.9 Å². The Bertz CT molecular complexity index is 2720. The second kappa shape index (κ2) is 20.9. The van der Waals surface area contributed by atoms with Crippen LogP contribution in [0.25, 0.3) is 22.3 Å². The fourth-order valence-electron chi connectivity index (χ4n) is 9.16. The van der Waals surface area contributed by atoms with Crippen molar-refractivity contribution in [2.45, 2.75) is 68.8 Å². The van der Waals surface area contributed by atoms with E-state index >= 15 is 0 Å². The minimum atomic E-state index is -1.05. The number of urea groups is 2. The maximum Gasteiger partial charge on any atom is 0.318 e. The Hall–Kier alpha value is -6.90. The van der Waals surface area contributed by atoms with Gasteiger partial charge in [-0.1, -0.05) is 78.9 Å². The third-order valence-corrected chi connectivity index (χ3v) is 13.1. The van der Waals surface area contributed by atoms with Gasteiger partial charge in [-0.25, -0.2) is 35.9 Å². The lowest BCUT2D eigenvalue weighted by atomic mass is 9.80. The van der Waals surface area contributed by atoms with E-state index in [0.717, 1.165) is 28.8 Å². The van der Waals surface area contributed by atoms with Crippen LogP contribution in [0.4, 0.5) is 35.9 Å². The Morgan fingerprint density at radius 2 is 0.971 bits per heavy atom. The third-order valence-electron chi connectivity index (χ3n) is 13.1. The number of hydrogen-bond acceptors (Lipinski definition) is 4. The number of benzene rings is 6. The normalized spacial score (nSPS) is 19.5. The van der Waals surface area contributed by atoms with Gasteiger partial charge in [-0.3, -0.25) is 0 Å². The zero-order valence-electron chi connectivity index (χ0n) is 37.5. The molecule has 0 aromatic heterocycles. The van der Waals surface area contributed by atoms with Gasteiger partial charge in [0, 0.05) is 42.8 Å². The first-order valence-corrected chi connectivity index (χ1v) is 22.3. The van der Waals surface area contributed by atoms with Gasteiger partial charge in [0.25, 0.3) is 0 Å². The molecule has 0 aliphatic carbocycles. The van der Waals surface area contributed by atoms with Crippen molar-refractivity contribution in [1.29, 1.82) is 0 Å². The molecule has 1 unspecified atom stereocenters. The van der Waals surface area contributed by atoms with Gasteiger partial charge < -0.3 is 30.6 Å². The van der Waals surface area contributed by atoms with Crippen LogP contribution in [-0.2, 0) is 11.1 Å². The van der Waals surface area contributed by atoms with Crippen LogP contribution in [0.15, 0.2) is 146 Å². The number of rotatable bonds is 13. The summed E-state index contributed by atoms with van der Waals surface area (Å²) < 4.78 is 81.6. The van der Waals surface area contributed by atoms with Crippen molar-refractivity contribution in [2.75, 3.05) is 19.7 Å². The summed E-state index contributed by atoms with van der Waals surface area (Å²) in [4.78, 5) is 29.7. The second-order valence-corrected chi connectivity index (χ2v) is 17.3. The predicted molar refractivity (Wildman–Crippen MR) is 249 cm³/mol. The topological polar surface area (TPSA) is 105 Å². The van der Waals surface area contributed by atoms with E-state index in [-0.39, 0.29) is 41.9 Å². The van der Waals surface area contributed by atoms with Crippen molar-refractivity contribution in [3.63, 3.8) is 0 Å². The summed E-state index contributed by atoms with van der Waals surface area (Å²) in [7, 11) is 0. The molecule has 0 radical (unpaired) electrons. The van der Waals surface area contributed by atoms with E-state index in [2.05, 4.69) is 17.2 Å². The Kier molecular flexibility index (Phi) is 15.1. The van der Waals surface area contributed by atoms with Gasteiger partial charge in [-0.05, 0) is 115 Å². The predicted octanol–water partition coefficient (Wildman–Crippen LogP) is 11.6. The van der Waals surface area contributed by atoms with Crippen molar-refractivity contribution in [1.82, 2.24) is 20.4 Å². The number of carbonyl (C=O) groups is 2. The Balaban J connectivity index is 0.000000202. The summed E-state index contributed by atoms with van der Waals surface area (Å²) >= 11 is 0. The minimum absolute atomic E-state index is 0.0843. The van der Waals surface area contributed by atoms with Crippen LogP contribution < -0.4 is 10.6 Å². The average molecular weight is 935 g/mol. The molecule has 354 valence electrons. The van der Waals surface area contributed by atoms with Gasteiger partial charge in [0.05, 0.1) is 35.9 Å². The molecule has 2 saturated heterocycles. The Morgan fingerprint density at radius 3 is 1.35 bits per heavy atom. The fourth-order valence-corrected chi connectivity index (χ4v) is 9.16. The molecule has 2 fully saturated rings. The molecule has 0 bridgehead atoms. The van der Waals surface area contributed by atoms with E-state index in [1.165, 1.54) is 48.5 Å². The van der Waals surface area contributed by atoms with E-state index in [1.54, 1.807) is 76.5 Å².